The molecule has 0 radical (unpaired) electrons. The summed E-state index contributed by atoms with van der Waals surface area (Å²) in [6.45, 7) is 0.495. The molecule has 0 amide bonds. The fraction of sp³-hybridized carbons (Fsp3) is 0.125. The standard InChI is InChI=1S/C8H7NO2/c10-9-6-11-5-7-3-1-2-4-8(7)9/h1-4,6H,5H2. The second-order valence-corrected chi connectivity index (χ2v) is 2.37. The van der Waals surface area contributed by atoms with Crippen LogP contribution in [-0.4, -0.2) is 11.1 Å². The Hall–Kier alpha value is -1.51. The smallest absolute Gasteiger partial charge is 0.341 e. The molecule has 11 heavy (non-hydrogen) atoms. The summed E-state index contributed by atoms with van der Waals surface area (Å²) in [5.41, 5.74) is 1.61. The quantitative estimate of drug-likeness (QED) is 0.412. The molecule has 0 aliphatic carbocycles. The van der Waals surface area contributed by atoms with Crippen molar-refractivity contribution in [2.45, 2.75) is 6.61 Å². The topological polar surface area (TPSA) is 35.3 Å². The van der Waals surface area contributed by atoms with Gasteiger partial charge in [0.05, 0.1) is 5.56 Å². The van der Waals surface area contributed by atoms with Gasteiger partial charge >= 0.3 is 6.40 Å². The van der Waals surface area contributed by atoms with Crippen molar-refractivity contribution in [2.24, 2.45) is 0 Å². The molecule has 0 N–H and O–H groups in total. The highest BCUT2D eigenvalue weighted by atomic mass is 16.5. The van der Waals surface area contributed by atoms with Gasteiger partial charge in [-0.15, -0.1) is 4.74 Å². The average molecular weight is 149 g/mol. The zero-order chi connectivity index (χ0) is 7.68. The Balaban J connectivity index is 2.56. The Morgan fingerprint density at radius 1 is 1.36 bits per heavy atom. The number of fused-ring (bicyclic) bond motifs is 1. The Kier molecular flexibility index (Phi) is 1.28. The van der Waals surface area contributed by atoms with Gasteiger partial charge in [0.25, 0.3) is 0 Å². The van der Waals surface area contributed by atoms with Crippen molar-refractivity contribution in [1.29, 1.82) is 0 Å². The molecule has 3 heteroatoms. The van der Waals surface area contributed by atoms with Gasteiger partial charge < -0.3 is 9.94 Å². The van der Waals surface area contributed by atoms with Gasteiger partial charge in [0.2, 0.25) is 5.69 Å². The maximum atomic E-state index is 11.0. The van der Waals surface area contributed by atoms with E-state index in [1.165, 1.54) is 6.40 Å². The molecule has 0 saturated heterocycles. The van der Waals surface area contributed by atoms with E-state index in [1.54, 1.807) is 6.07 Å². The fourth-order valence-corrected chi connectivity index (χ4v) is 1.10. The van der Waals surface area contributed by atoms with E-state index in [9.17, 15) is 5.21 Å². The molecule has 1 aromatic carbocycles. The summed E-state index contributed by atoms with van der Waals surface area (Å²) < 4.78 is 5.63. The molecule has 1 aromatic rings. The van der Waals surface area contributed by atoms with Crippen molar-refractivity contribution >= 4 is 12.1 Å². The maximum absolute atomic E-state index is 11.0. The lowest BCUT2D eigenvalue weighted by Crippen LogP contribution is -2.09. The zero-order valence-electron chi connectivity index (χ0n) is 5.86. The molecule has 0 atom stereocenters. The summed E-state index contributed by atoms with van der Waals surface area (Å²) in [6.07, 6.45) is 1.18. The minimum atomic E-state index is 0.495. The molecule has 0 unspecified atom stereocenters. The van der Waals surface area contributed by atoms with Crippen LogP contribution in [0.5, 0.6) is 0 Å². The van der Waals surface area contributed by atoms with Gasteiger partial charge in [0, 0.05) is 6.07 Å². The van der Waals surface area contributed by atoms with E-state index in [-0.39, 0.29) is 0 Å². The van der Waals surface area contributed by atoms with Crippen molar-refractivity contribution in [2.75, 3.05) is 0 Å². The van der Waals surface area contributed by atoms with E-state index in [0.717, 1.165) is 10.3 Å². The molecule has 56 valence electrons. The maximum Gasteiger partial charge on any atom is 0.341 e. The van der Waals surface area contributed by atoms with Crippen LogP contribution < -0.4 is 0 Å². The minimum absolute atomic E-state index is 0.495. The van der Waals surface area contributed by atoms with Gasteiger partial charge in [-0.3, -0.25) is 0 Å². The second-order valence-electron chi connectivity index (χ2n) is 2.37. The lowest BCUT2D eigenvalue weighted by Gasteiger charge is -2.11. The summed E-state index contributed by atoms with van der Waals surface area (Å²) in [5.74, 6) is 0. The summed E-state index contributed by atoms with van der Waals surface area (Å²) in [7, 11) is 0. The van der Waals surface area contributed by atoms with E-state index in [2.05, 4.69) is 0 Å². The SMILES string of the molecule is [O-][N+]1=COCc2ccccc21. The summed E-state index contributed by atoms with van der Waals surface area (Å²) in [5, 5.41) is 11.0. The third-order valence-corrected chi connectivity index (χ3v) is 1.64. The molecule has 1 aliphatic heterocycles. The number of hydrogen-bond acceptors (Lipinski definition) is 2. The first-order chi connectivity index (χ1) is 5.38. The zero-order valence-corrected chi connectivity index (χ0v) is 5.86. The minimum Gasteiger partial charge on any atom is -0.616 e. The molecule has 3 nitrogen and oxygen atoms in total. The highest BCUT2D eigenvalue weighted by Gasteiger charge is 2.13. The Labute approximate surface area is 64.1 Å². The monoisotopic (exact) mass is 149 g/mol. The van der Waals surface area contributed by atoms with Crippen LogP contribution in [0.15, 0.2) is 24.3 Å². The van der Waals surface area contributed by atoms with Gasteiger partial charge in [0.15, 0.2) is 0 Å². The van der Waals surface area contributed by atoms with Crippen molar-refractivity contribution < 1.29 is 9.48 Å². The Morgan fingerprint density at radius 2 is 2.18 bits per heavy atom. The first-order valence-electron chi connectivity index (χ1n) is 3.37. The number of para-hydroxylation sites is 1. The molecule has 0 aromatic heterocycles. The molecule has 1 heterocycles. The van der Waals surface area contributed by atoms with Gasteiger partial charge in [-0.1, -0.05) is 12.1 Å². The average Bonchev–Trinajstić information content (AvgIpc) is 2.06. The highest BCUT2D eigenvalue weighted by molar-refractivity contribution is 5.51. The lowest BCUT2D eigenvalue weighted by atomic mass is 10.2. The lowest BCUT2D eigenvalue weighted by molar-refractivity contribution is -0.373. The van der Waals surface area contributed by atoms with E-state index in [0.29, 0.717) is 12.3 Å². The number of rotatable bonds is 0. The molecule has 0 spiro atoms. The molecule has 1 aliphatic rings. The first kappa shape index (κ1) is 6.22. The second kappa shape index (κ2) is 2.27. The van der Waals surface area contributed by atoms with E-state index < -0.39 is 0 Å². The number of hydrogen-bond donors (Lipinski definition) is 0. The van der Waals surface area contributed by atoms with Gasteiger partial charge in [-0.05, 0) is 6.07 Å². The van der Waals surface area contributed by atoms with Crippen LogP contribution in [0.3, 0.4) is 0 Å². The largest absolute Gasteiger partial charge is 0.616 e. The first-order valence-corrected chi connectivity index (χ1v) is 3.37. The molecule has 0 fully saturated rings. The van der Waals surface area contributed by atoms with Crippen molar-refractivity contribution in [3.63, 3.8) is 0 Å². The molecular weight excluding hydrogens is 142 g/mol. The van der Waals surface area contributed by atoms with E-state index >= 15 is 0 Å². The number of benzene rings is 1. The molecule has 0 saturated carbocycles. The highest BCUT2D eigenvalue weighted by Crippen LogP contribution is 2.20. The van der Waals surface area contributed by atoms with Gasteiger partial charge in [-0.25, -0.2) is 0 Å². The molecule has 2 rings (SSSR count). The van der Waals surface area contributed by atoms with Crippen LogP contribution in [0.1, 0.15) is 5.56 Å². The van der Waals surface area contributed by atoms with E-state index in [1.807, 2.05) is 18.2 Å². The predicted octanol–water partition coefficient (Wildman–Crippen LogP) is 1.39. The van der Waals surface area contributed by atoms with Crippen LogP contribution in [-0.2, 0) is 11.3 Å². The summed E-state index contributed by atoms with van der Waals surface area (Å²) >= 11 is 0. The van der Waals surface area contributed by atoms with Gasteiger partial charge in [-0.2, -0.15) is 0 Å². The Morgan fingerprint density at radius 3 is 3.00 bits per heavy atom. The van der Waals surface area contributed by atoms with E-state index in [4.69, 9.17) is 4.74 Å². The third kappa shape index (κ3) is 0.941. The predicted molar refractivity (Wildman–Crippen MR) is 40.6 cm³/mol. The summed E-state index contributed by atoms with van der Waals surface area (Å²) in [4.78, 5) is 0. The number of ether oxygens (including phenoxy) is 1. The van der Waals surface area contributed by atoms with Crippen molar-refractivity contribution in [3.05, 3.63) is 35.0 Å². The summed E-state index contributed by atoms with van der Waals surface area (Å²) in [6, 6.07) is 7.39. The normalized spacial score (nSPS) is 14.7. The van der Waals surface area contributed by atoms with Crippen LogP contribution in [0, 0.1) is 5.21 Å². The van der Waals surface area contributed by atoms with Crippen LogP contribution in [0.2, 0.25) is 0 Å². The van der Waals surface area contributed by atoms with Crippen LogP contribution >= 0.6 is 0 Å². The fourth-order valence-electron chi connectivity index (χ4n) is 1.10. The van der Waals surface area contributed by atoms with Crippen molar-refractivity contribution in [1.82, 2.24) is 0 Å². The molecule has 0 bridgehead atoms. The Bertz CT molecular complexity index is 307. The van der Waals surface area contributed by atoms with Crippen LogP contribution in [0.25, 0.3) is 0 Å². The van der Waals surface area contributed by atoms with Crippen LogP contribution in [0.4, 0.5) is 5.69 Å². The molecular formula is C8H7NO2. The number of nitrogens with zero attached hydrogens (tertiary/aromatic N) is 1. The van der Waals surface area contributed by atoms with Gasteiger partial charge in [0.1, 0.15) is 6.61 Å². The van der Waals surface area contributed by atoms with Crippen molar-refractivity contribution in [3.8, 4) is 0 Å². The third-order valence-electron chi connectivity index (χ3n) is 1.64.